The highest BCUT2D eigenvalue weighted by molar-refractivity contribution is 5.94. The van der Waals surface area contributed by atoms with E-state index in [-0.39, 0.29) is 11.8 Å². The monoisotopic (exact) mass is 560 g/mol. The Bertz CT molecular complexity index is 1310. The molecule has 8 heteroatoms. The summed E-state index contributed by atoms with van der Waals surface area (Å²) in [6, 6.07) is 14.0. The minimum absolute atomic E-state index is 0.162. The van der Waals surface area contributed by atoms with Gasteiger partial charge in [-0.15, -0.1) is 0 Å². The van der Waals surface area contributed by atoms with Gasteiger partial charge in [-0.3, -0.25) is 9.59 Å². The SMILES string of the molecule is COc1ccc(C(=O)NCCCc2nc3ccccc3n2CC(=O)N(C2CCCCC2)C2CCCCC2)cc1OC. The van der Waals surface area contributed by atoms with Crippen LogP contribution in [0.25, 0.3) is 11.0 Å². The maximum Gasteiger partial charge on any atom is 0.251 e. The molecular weight excluding hydrogens is 516 g/mol. The van der Waals surface area contributed by atoms with Crippen molar-refractivity contribution in [3.8, 4) is 11.5 Å². The average Bonchev–Trinajstić information content (AvgIpc) is 3.36. The normalized spacial score (nSPS) is 16.4. The van der Waals surface area contributed by atoms with Crippen LogP contribution >= 0.6 is 0 Å². The molecule has 2 aromatic carbocycles. The first-order valence-corrected chi connectivity index (χ1v) is 15.3. The van der Waals surface area contributed by atoms with Crippen molar-refractivity contribution in [3.63, 3.8) is 0 Å². The van der Waals surface area contributed by atoms with Gasteiger partial charge in [-0.1, -0.05) is 50.7 Å². The van der Waals surface area contributed by atoms with E-state index in [0.717, 1.165) is 42.5 Å². The summed E-state index contributed by atoms with van der Waals surface area (Å²) in [5.74, 6) is 2.07. The topological polar surface area (TPSA) is 85.7 Å². The van der Waals surface area contributed by atoms with Crippen LogP contribution in [0.1, 0.15) is 86.8 Å². The van der Waals surface area contributed by atoms with Crippen molar-refractivity contribution < 1.29 is 19.1 Å². The Labute approximate surface area is 243 Å². The summed E-state index contributed by atoms with van der Waals surface area (Å²) in [5.41, 5.74) is 2.43. The third-order valence-corrected chi connectivity index (χ3v) is 8.76. The summed E-state index contributed by atoms with van der Waals surface area (Å²) in [5, 5.41) is 3.01. The van der Waals surface area contributed by atoms with Crippen molar-refractivity contribution in [2.24, 2.45) is 0 Å². The van der Waals surface area contributed by atoms with E-state index in [1.165, 1.54) is 38.5 Å². The van der Waals surface area contributed by atoms with Crippen molar-refractivity contribution in [2.75, 3.05) is 20.8 Å². The van der Waals surface area contributed by atoms with Gasteiger partial charge in [-0.2, -0.15) is 0 Å². The standard InChI is InChI=1S/C33H44N4O4/c1-40-29-20-19-24(22-30(29)41-2)33(39)34-21-11-18-31-35-27-16-9-10-17-28(27)36(31)23-32(38)37(25-12-5-3-6-13-25)26-14-7-4-8-15-26/h9-10,16-17,19-20,22,25-26H,3-8,11-15,18,21,23H2,1-2H3,(H,34,39). The highest BCUT2D eigenvalue weighted by atomic mass is 16.5. The number of methoxy groups -OCH3 is 2. The molecule has 2 amide bonds. The Morgan fingerprint density at radius 3 is 2.22 bits per heavy atom. The number of ether oxygens (including phenoxy) is 2. The van der Waals surface area contributed by atoms with E-state index in [9.17, 15) is 9.59 Å². The first kappa shape index (κ1) is 29.0. The maximum absolute atomic E-state index is 14.1. The number of carbonyl (C=O) groups is 2. The van der Waals surface area contributed by atoms with Gasteiger partial charge >= 0.3 is 0 Å². The van der Waals surface area contributed by atoms with Gasteiger partial charge in [0.1, 0.15) is 12.4 Å². The van der Waals surface area contributed by atoms with E-state index in [0.29, 0.717) is 55.1 Å². The Hall–Kier alpha value is -3.55. The van der Waals surface area contributed by atoms with E-state index in [2.05, 4.69) is 20.9 Å². The number of para-hydroxylation sites is 2. The number of carbonyl (C=O) groups excluding carboxylic acids is 2. The first-order chi connectivity index (χ1) is 20.1. The number of amides is 2. The van der Waals surface area contributed by atoms with E-state index in [1.807, 2.05) is 18.2 Å². The maximum atomic E-state index is 14.1. The summed E-state index contributed by atoms with van der Waals surface area (Å²) >= 11 is 0. The fourth-order valence-electron chi connectivity index (χ4n) is 6.66. The quantitative estimate of drug-likeness (QED) is 0.295. The first-order valence-electron chi connectivity index (χ1n) is 15.3. The lowest BCUT2D eigenvalue weighted by atomic mass is 9.88. The van der Waals surface area contributed by atoms with Gasteiger partial charge in [0.2, 0.25) is 5.91 Å². The molecular formula is C33H44N4O4. The number of aromatic nitrogens is 2. The molecule has 5 rings (SSSR count). The molecule has 2 aliphatic rings. The van der Waals surface area contributed by atoms with Crippen LogP contribution in [-0.4, -0.2) is 59.1 Å². The van der Waals surface area contributed by atoms with Crippen LogP contribution < -0.4 is 14.8 Å². The molecule has 2 fully saturated rings. The Kier molecular flexibility index (Phi) is 9.80. The molecule has 41 heavy (non-hydrogen) atoms. The molecule has 0 atom stereocenters. The highest BCUT2D eigenvalue weighted by Crippen LogP contribution is 2.31. The second-order valence-electron chi connectivity index (χ2n) is 11.4. The molecule has 0 spiro atoms. The molecule has 0 bridgehead atoms. The molecule has 1 N–H and O–H groups in total. The van der Waals surface area contributed by atoms with Crippen LogP contribution in [0.5, 0.6) is 11.5 Å². The van der Waals surface area contributed by atoms with Crippen molar-refractivity contribution >= 4 is 22.8 Å². The van der Waals surface area contributed by atoms with Gasteiger partial charge in [-0.05, 0) is 62.4 Å². The number of rotatable bonds is 11. The van der Waals surface area contributed by atoms with E-state index >= 15 is 0 Å². The summed E-state index contributed by atoms with van der Waals surface area (Å²) in [6.45, 7) is 0.821. The number of benzene rings is 2. The molecule has 220 valence electrons. The molecule has 8 nitrogen and oxygen atoms in total. The number of fused-ring (bicyclic) bond motifs is 1. The third-order valence-electron chi connectivity index (χ3n) is 8.76. The third kappa shape index (κ3) is 6.85. The average molecular weight is 561 g/mol. The molecule has 1 heterocycles. The zero-order valence-electron chi connectivity index (χ0n) is 24.6. The minimum Gasteiger partial charge on any atom is -0.493 e. The predicted molar refractivity (Wildman–Crippen MR) is 161 cm³/mol. The van der Waals surface area contributed by atoms with Crippen molar-refractivity contribution in [1.29, 1.82) is 0 Å². The van der Waals surface area contributed by atoms with Crippen molar-refractivity contribution in [2.45, 2.75) is 95.7 Å². The number of imidazole rings is 1. The lowest BCUT2D eigenvalue weighted by Gasteiger charge is -2.42. The van der Waals surface area contributed by atoms with Gasteiger partial charge in [0.25, 0.3) is 5.91 Å². The van der Waals surface area contributed by atoms with Gasteiger partial charge in [0.15, 0.2) is 11.5 Å². The van der Waals surface area contributed by atoms with Gasteiger partial charge in [-0.25, -0.2) is 4.98 Å². The minimum atomic E-state index is -0.162. The molecule has 0 radical (unpaired) electrons. The molecule has 2 aliphatic carbocycles. The number of hydrogen-bond acceptors (Lipinski definition) is 5. The van der Waals surface area contributed by atoms with E-state index in [1.54, 1.807) is 32.4 Å². The molecule has 0 unspecified atom stereocenters. The lowest BCUT2D eigenvalue weighted by molar-refractivity contribution is -0.138. The summed E-state index contributed by atoms with van der Waals surface area (Å²) in [4.78, 5) is 34.1. The van der Waals surface area contributed by atoms with Crippen LogP contribution in [0.3, 0.4) is 0 Å². The van der Waals surface area contributed by atoms with Crippen molar-refractivity contribution in [3.05, 3.63) is 53.9 Å². The van der Waals surface area contributed by atoms with E-state index in [4.69, 9.17) is 14.5 Å². The molecule has 2 saturated carbocycles. The second-order valence-corrected chi connectivity index (χ2v) is 11.4. The fourth-order valence-corrected chi connectivity index (χ4v) is 6.66. The van der Waals surface area contributed by atoms with Gasteiger partial charge in [0.05, 0.1) is 25.3 Å². The van der Waals surface area contributed by atoms with Gasteiger partial charge < -0.3 is 24.3 Å². The number of aryl methyl sites for hydroxylation is 1. The van der Waals surface area contributed by atoms with Crippen molar-refractivity contribution in [1.82, 2.24) is 19.8 Å². The predicted octanol–water partition coefficient (Wildman–Crippen LogP) is 5.91. The molecule has 1 aromatic heterocycles. The Morgan fingerprint density at radius 1 is 0.902 bits per heavy atom. The van der Waals surface area contributed by atoms with Crippen LogP contribution in [0.2, 0.25) is 0 Å². The number of hydrogen-bond donors (Lipinski definition) is 1. The largest absolute Gasteiger partial charge is 0.493 e. The molecule has 3 aromatic rings. The lowest BCUT2D eigenvalue weighted by Crippen LogP contribution is -2.50. The zero-order valence-corrected chi connectivity index (χ0v) is 24.6. The Balaban J connectivity index is 1.27. The fraction of sp³-hybridized carbons (Fsp3) is 0.545. The van der Waals surface area contributed by atoms with Crippen LogP contribution in [0, 0.1) is 0 Å². The second kappa shape index (κ2) is 13.9. The Morgan fingerprint density at radius 2 is 1.56 bits per heavy atom. The molecule has 0 saturated heterocycles. The van der Waals surface area contributed by atoms with Crippen LogP contribution in [0.4, 0.5) is 0 Å². The summed E-state index contributed by atoms with van der Waals surface area (Å²) in [6.07, 6.45) is 13.3. The van der Waals surface area contributed by atoms with Crippen LogP contribution in [-0.2, 0) is 17.8 Å². The number of nitrogens with one attached hydrogen (secondary N) is 1. The zero-order chi connectivity index (χ0) is 28.6. The summed E-state index contributed by atoms with van der Waals surface area (Å²) < 4.78 is 12.7. The smallest absolute Gasteiger partial charge is 0.251 e. The van der Waals surface area contributed by atoms with E-state index < -0.39 is 0 Å². The molecule has 0 aliphatic heterocycles. The summed E-state index contributed by atoms with van der Waals surface area (Å²) in [7, 11) is 3.13. The van der Waals surface area contributed by atoms with Crippen LogP contribution in [0.15, 0.2) is 42.5 Å². The number of nitrogens with zero attached hydrogens (tertiary/aromatic N) is 3. The highest BCUT2D eigenvalue weighted by Gasteiger charge is 2.33. The van der Waals surface area contributed by atoms with Gasteiger partial charge in [0, 0.05) is 30.6 Å².